The molecule has 0 bridgehead atoms. The van der Waals surface area contributed by atoms with Crippen LogP contribution in [-0.4, -0.2) is 37.2 Å². The van der Waals surface area contributed by atoms with Gasteiger partial charge in [0.05, 0.1) is 0 Å². The van der Waals surface area contributed by atoms with E-state index in [0.29, 0.717) is 19.3 Å². The van der Waals surface area contributed by atoms with Crippen molar-refractivity contribution in [2.24, 2.45) is 0 Å². The first kappa shape index (κ1) is 62.6. The molecule has 0 radical (unpaired) electrons. The third kappa shape index (κ3) is 51.6. The van der Waals surface area contributed by atoms with E-state index in [1.54, 1.807) is 0 Å². The Hall–Kier alpha value is -3.41. The molecule has 0 aliphatic rings. The molecule has 0 aromatic carbocycles. The van der Waals surface area contributed by atoms with Crippen molar-refractivity contribution < 1.29 is 28.6 Å². The maximum absolute atomic E-state index is 12.8. The zero-order valence-electron chi connectivity index (χ0n) is 43.2. The quantitative estimate of drug-likeness (QED) is 0.0262. The number of hydrogen-bond donors (Lipinski definition) is 0. The molecule has 0 rings (SSSR count). The maximum Gasteiger partial charge on any atom is 0.306 e. The molecule has 0 saturated carbocycles. The summed E-state index contributed by atoms with van der Waals surface area (Å²) >= 11 is 0. The first-order chi connectivity index (χ1) is 32.5. The van der Waals surface area contributed by atoms with Gasteiger partial charge in [-0.2, -0.15) is 0 Å². The highest BCUT2D eigenvalue weighted by atomic mass is 16.6. The monoisotopic (exact) mass is 919 g/mol. The second-order valence-corrected chi connectivity index (χ2v) is 18.1. The lowest BCUT2D eigenvalue weighted by atomic mass is 10.1. The van der Waals surface area contributed by atoms with Crippen molar-refractivity contribution in [2.45, 2.75) is 264 Å². The summed E-state index contributed by atoms with van der Waals surface area (Å²) in [4.78, 5) is 38.0. The molecule has 378 valence electrons. The van der Waals surface area contributed by atoms with Gasteiger partial charge in [0, 0.05) is 19.3 Å². The molecule has 66 heavy (non-hydrogen) atoms. The van der Waals surface area contributed by atoms with E-state index in [1.165, 1.54) is 135 Å². The molecule has 0 spiro atoms. The number of hydrogen-bond acceptors (Lipinski definition) is 6. The molecule has 0 N–H and O–H groups in total. The maximum atomic E-state index is 12.8. The number of carbonyl (C=O) groups excluding carboxylic acids is 3. The Balaban J connectivity index is 4.44. The first-order valence-corrected chi connectivity index (χ1v) is 27.6. The predicted molar refractivity (Wildman–Crippen MR) is 284 cm³/mol. The Kier molecular flexibility index (Phi) is 51.4. The van der Waals surface area contributed by atoms with E-state index in [4.69, 9.17) is 14.2 Å². The molecule has 6 heteroatoms. The zero-order valence-corrected chi connectivity index (χ0v) is 43.2. The van der Waals surface area contributed by atoms with Gasteiger partial charge in [0.15, 0.2) is 6.10 Å². The van der Waals surface area contributed by atoms with Crippen LogP contribution in [0, 0.1) is 0 Å². The fourth-order valence-corrected chi connectivity index (χ4v) is 7.52. The van der Waals surface area contributed by atoms with Crippen LogP contribution in [0.3, 0.4) is 0 Å². The van der Waals surface area contributed by atoms with Crippen LogP contribution in [0.4, 0.5) is 0 Å². The number of carbonyl (C=O) groups is 3. The van der Waals surface area contributed by atoms with Crippen LogP contribution in [0.5, 0.6) is 0 Å². The Labute approximate surface area is 407 Å². The molecular formula is C60H102O6. The van der Waals surface area contributed by atoms with Crippen LogP contribution in [0.25, 0.3) is 0 Å². The molecule has 0 aliphatic heterocycles. The van der Waals surface area contributed by atoms with E-state index in [2.05, 4.69) is 99.8 Å². The van der Waals surface area contributed by atoms with Crippen LogP contribution >= 0.6 is 0 Å². The van der Waals surface area contributed by atoms with Crippen LogP contribution in [0.15, 0.2) is 85.1 Å². The SMILES string of the molecule is CC/C=C\C/C=C\C/C=C\C/C=C\C/C=C\C/C=C\CCC(=O)OCC(COC(=O)CCCCCCCCCCCC)OC(=O)CCCCCCCCC/C=C\CCCCCCCCCC. The highest BCUT2D eigenvalue weighted by Crippen LogP contribution is 2.15. The van der Waals surface area contributed by atoms with Crippen molar-refractivity contribution in [3.63, 3.8) is 0 Å². The van der Waals surface area contributed by atoms with E-state index < -0.39 is 6.10 Å². The number of rotatable bonds is 49. The Bertz CT molecular complexity index is 1290. The van der Waals surface area contributed by atoms with E-state index in [0.717, 1.165) is 77.0 Å². The summed E-state index contributed by atoms with van der Waals surface area (Å²) < 4.78 is 16.7. The van der Waals surface area contributed by atoms with Crippen molar-refractivity contribution in [3.05, 3.63) is 85.1 Å². The topological polar surface area (TPSA) is 78.9 Å². The summed E-state index contributed by atoms with van der Waals surface area (Å²) in [6.07, 6.45) is 70.2. The largest absolute Gasteiger partial charge is 0.462 e. The van der Waals surface area contributed by atoms with Crippen LogP contribution in [0.1, 0.15) is 258 Å². The number of unbranched alkanes of at least 4 members (excludes halogenated alkanes) is 24. The van der Waals surface area contributed by atoms with Crippen LogP contribution < -0.4 is 0 Å². The summed E-state index contributed by atoms with van der Waals surface area (Å²) in [7, 11) is 0. The van der Waals surface area contributed by atoms with Crippen molar-refractivity contribution >= 4 is 17.9 Å². The molecule has 0 aliphatic carbocycles. The molecular weight excluding hydrogens is 817 g/mol. The normalized spacial score (nSPS) is 12.7. The molecule has 0 heterocycles. The van der Waals surface area contributed by atoms with Gasteiger partial charge in [0.25, 0.3) is 0 Å². The molecule has 0 saturated heterocycles. The first-order valence-electron chi connectivity index (χ1n) is 27.6. The third-order valence-electron chi connectivity index (χ3n) is 11.6. The fourth-order valence-electron chi connectivity index (χ4n) is 7.52. The van der Waals surface area contributed by atoms with Gasteiger partial charge in [0.2, 0.25) is 0 Å². The molecule has 0 fully saturated rings. The molecule has 6 nitrogen and oxygen atoms in total. The summed E-state index contributed by atoms with van der Waals surface area (Å²) in [6.45, 7) is 6.45. The standard InChI is InChI=1S/C60H102O6/c1-4-7-10-13-16-19-22-24-26-28-30-32-34-36-38-41-44-47-50-53-59(62)65-56-57(55-64-58(61)52-49-46-43-40-21-18-15-12-9-6-3)66-60(63)54-51-48-45-42-39-37-35-33-31-29-27-25-23-20-17-14-11-8-5-2/h7,10,16,19,24,26,29-32,36,38,44,47,57H,4-6,8-9,11-15,17-18,20-23,25,27-28,33-35,37,39-43,45-46,48-56H2,1-3H3/b10-7-,19-16-,26-24-,31-29-,32-30-,38-36-,47-44-. The molecule has 0 aromatic heterocycles. The van der Waals surface area contributed by atoms with Crippen molar-refractivity contribution in [1.29, 1.82) is 0 Å². The molecule has 0 amide bonds. The second-order valence-electron chi connectivity index (χ2n) is 18.1. The van der Waals surface area contributed by atoms with Crippen molar-refractivity contribution in [2.75, 3.05) is 13.2 Å². The molecule has 1 atom stereocenters. The summed E-state index contributed by atoms with van der Waals surface area (Å²) in [5.74, 6) is -0.991. The van der Waals surface area contributed by atoms with Gasteiger partial charge in [-0.05, 0) is 83.5 Å². The Morgan fingerprint density at radius 1 is 0.318 bits per heavy atom. The van der Waals surface area contributed by atoms with Gasteiger partial charge in [-0.15, -0.1) is 0 Å². The zero-order chi connectivity index (χ0) is 47.9. The number of esters is 3. The van der Waals surface area contributed by atoms with E-state index in [1.807, 2.05) is 6.08 Å². The summed E-state index contributed by atoms with van der Waals surface area (Å²) in [6, 6.07) is 0. The van der Waals surface area contributed by atoms with Gasteiger partial charge in [-0.25, -0.2) is 0 Å². The lowest BCUT2D eigenvalue weighted by Crippen LogP contribution is -2.30. The van der Waals surface area contributed by atoms with Crippen LogP contribution in [0.2, 0.25) is 0 Å². The number of ether oxygens (including phenoxy) is 3. The molecule has 1 unspecified atom stereocenters. The van der Waals surface area contributed by atoms with Gasteiger partial charge in [-0.3, -0.25) is 14.4 Å². The van der Waals surface area contributed by atoms with Crippen molar-refractivity contribution in [1.82, 2.24) is 0 Å². The molecule has 0 aromatic rings. The van der Waals surface area contributed by atoms with E-state index >= 15 is 0 Å². The van der Waals surface area contributed by atoms with Gasteiger partial charge >= 0.3 is 17.9 Å². The minimum Gasteiger partial charge on any atom is -0.462 e. The van der Waals surface area contributed by atoms with Gasteiger partial charge in [-0.1, -0.05) is 241 Å². The average Bonchev–Trinajstić information content (AvgIpc) is 3.31. The van der Waals surface area contributed by atoms with Crippen molar-refractivity contribution in [3.8, 4) is 0 Å². The smallest absolute Gasteiger partial charge is 0.306 e. The Morgan fingerprint density at radius 2 is 0.621 bits per heavy atom. The average molecular weight is 919 g/mol. The lowest BCUT2D eigenvalue weighted by molar-refractivity contribution is -0.166. The second kappa shape index (κ2) is 54.2. The van der Waals surface area contributed by atoms with E-state index in [-0.39, 0.29) is 37.5 Å². The van der Waals surface area contributed by atoms with Gasteiger partial charge < -0.3 is 14.2 Å². The number of allylic oxidation sites excluding steroid dienone is 14. The Morgan fingerprint density at radius 3 is 1.02 bits per heavy atom. The summed E-state index contributed by atoms with van der Waals surface area (Å²) in [5, 5.41) is 0. The van der Waals surface area contributed by atoms with Crippen LogP contribution in [-0.2, 0) is 28.6 Å². The summed E-state index contributed by atoms with van der Waals surface area (Å²) in [5.41, 5.74) is 0. The van der Waals surface area contributed by atoms with Gasteiger partial charge in [0.1, 0.15) is 13.2 Å². The predicted octanol–water partition coefficient (Wildman–Crippen LogP) is 18.4. The highest BCUT2D eigenvalue weighted by molar-refractivity contribution is 5.71. The third-order valence-corrected chi connectivity index (χ3v) is 11.6. The highest BCUT2D eigenvalue weighted by Gasteiger charge is 2.19. The minimum absolute atomic E-state index is 0.100. The minimum atomic E-state index is -0.807. The van der Waals surface area contributed by atoms with E-state index in [9.17, 15) is 14.4 Å². The fraction of sp³-hybridized carbons (Fsp3) is 0.717. The lowest BCUT2D eigenvalue weighted by Gasteiger charge is -2.18.